The van der Waals surface area contributed by atoms with Crippen molar-refractivity contribution in [3.63, 3.8) is 0 Å². The largest absolute Gasteiger partial charge is 0.503 e. The van der Waals surface area contributed by atoms with Crippen LogP contribution in [0.5, 0.6) is 23.0 Å². The van der Waals surface area contributed by atoms with Crippen LogP contribution in [0.4, 0.5) is 16.2 Å². The third kappa shape index (κ3) is 3.99. The molecule has 1 atom stereocenters. The van der Waals surface area contributed by atoms with E-state index in [0.717, 1.165) is 11.1 Å². The predicted octanol–water partition coefficient (Wildman–Crippen LogP) is 4.07. The molecular formula is C36H33N7O8. The van der Waals surface area contributed by atoms with Crippen molar-refractivity contribution in [2.75, 3.05) is 43.7 Å². The van der Waals surface area contributed by atoms with Gasteiger partial charge in [0, 0.05) is 54.3 Å². The normalized spacial score (nSPS) is 17.5. The maximum absolute atomic E-state index is 14.2. The molecule has 0 saturated carbocycles. The number of likely N-dealkylation sites (tertiary alicyclic amines) is 1. The second-order valence-corrected chi connectivity index (χ2v) is 13.3. The topological polar surface area (TPSA) is 210 Å². The average molecular weight is 692 g/mol. The van der Waals surface area contributed by atoms with Crippen molar-refractivity contribution in [1.82, 2.24) is 19.9 Å². The number of primary amides is 1. The van der Waals surface area contributed by atoms with E-state index in [1.54, 1.807) is 17.0 Å². The zero-order valence-electron chi connectivity index (χ0n) is 27.9. The van der Waals surface area contributed by atoms with E-state index in [9.17, 15) is 29.4 Å². The Morgan fingerprint density at radius 3 is 1.96 bits per heavy atom. The quantitative estimate of drug-likeness (QED) is 0.161. The van der Waals surface area contributed by atoms with Gasteiger partial charge in [-0.3, -0.25) is 19.3 Å². The summed E-state index contributed by atoms with van der Waals surface area (Å²) in [4.78, 5) is 67.0. The molecule has 0 radical (unpaired) electrons. The highest BCUT2D eigenvalue weighted by atomic mass is 16.5. The van der Waals surface area contributed by atoms with Crippen LogP contribution in [-0.2, 0) is 12.8 Å². The van der Waals surface area contributed by atoms with Crippen molar-refractivity contribution in [3.8, 4) is 23.0 Å². The molecule has 3 aliphatic heterocycles. The van der Waals surface area contributed by atoms with Crippen molar-refractivity contribution in [1.29, 1.82) is 0 Å². The molecule has 4 amide bonds. The summed E-state index contributed by atoms with van der Waals surface area (Å²) in [5, 5.41) is 23.9. The minimum Gasteiger partial charge on any atom is -0.503 e. The molecule has 1 unspecified atom stereocenters. The smallest absolute Gasteiger partial charge is 0.319 e. The number of hydrogen-bond donors (Lipinski definition) is 6. The fraction of sp³-hybridized carbons (Fsp3) is 0.278. The van der Waals surface area contributed by atoms with E-state index in [1.807, 2.05) is 13.1 Å². The zero-order chi connectivity index (χ0) is 35.6. The molecule has 1 fully saturated rings. The number of nitrogens with one attached hydrogen (secondary N) is 3. The minimum atomic E-state index is -0.715. The number of H-pyrrole nitrogens is 3. The van der Waals surface area contributed by atoms with Gasteiger partial charge in [-0.05, 0) is 60.6 Å². The zero-order valence-corrected chi connectivity index (χ0v) is 27.9. The molecule has 15 nitrogen and oxygen atoms in total. The number of allylic oxidation sites excluding steroid dienone is 2. The number of aryl methyl sites for hydroxylation is 1. The molecule has 7 N–H and O–H groups in total. The SMILES string of the molecule is COc1c(O)c2c(c3cc(C(=O)N4CCc5c4c(O)c(OC)c4[nH]c(C(=O)N6CCC7C6=CC(=O)c6[nH]cc(C)c67)cc54)[nH]c13)CCN2C(N)=O. The number of phenolic OH excluding ortho intramolecular Hbond substituents is 2. The van der Waals surface area contributed by atoms with Gasteiger partial charge in [-0.2, -0.15) is 0 Å². The minimum absolute atomic E-state index is 0.0647. The highest BCUT2D eigenvalue weighted by Gasteiger charge is 2.41. The Kier molecular flexibility index (Phi) is 6.35. The number of benzene rings is 2. The molecule has 4 aliphatic rings. The Morgan fingerprint density at radius 1 is 0.843 bits per heavy atom. The number of aromatic amines is 3. The van der Waals surface area contributed by atoms with Crippen LogP contribution in [0.1, 0.15) is 66.1 Å². The number of rotatable bonds is 4. The molecule has 6 heterocycles. The molecule has 0 spiro atoms. The second kappa shape index (κ2) is 10.6. The van der Waals surface area contributed by atoms with Gasteiger partial charge in [0.05, 0.1) is 42.3 Å². The number of anilines is 2. The number of carbonyl (C=O) groups is 4. The van der Waals surface area contributed by atoms with E-state index in [-0.39, 0.29) is 76.5 Å². The van der Waals surface area contributed by atoms with E-state index in [4.69, 9.17) is 15.2 Å². The Bertz CT molecular complexity index is 2470. The van der Waals surface area contributed by atoms with Gasteiger partial charge in [0.25, 0.3) is 11.8 Å². The van der Waals surface area contributed by atoms with E-state index in [0.29, 0.717) is 70.1 Å². The van der Waals surface area contributed by atoms with Crippen LogP contribution in [0.25, 0.3) is 21.8 Å². The number of hydrogen-bond acceptors (Lipinski definition) is 8. The molecule has 0 bridgehead atoms. The summed E-state index contributed by atoms with van der Waals surface area (Å²) in [5.74, 6) is -1.38. The van der Waals surface area contributed by atoms with Crippen LogP contribution in [0.2, 0.25) is 0 Å². The summed E-state index contributed by atoms with van der Waals surface area (Å²) in [6.07, 6.45) is 4.83. The van der Waals surface area contributed by atoms with Gasteiger partial charge in [0.2, 0.25) is 5.78 Å². The number of nitrogens with zero attached hydrogens (tertiary/aromatic N) is 3. The summed E-state index contributed by atoms with van der Waals surface area (Å²) in [7, 11) is 2.78. The Labute approximate surface area is 289 Å². The highest BCUT2D eigenvalue weighted by Crippen LogP contribution is 2.52. The number of methoxy groups -OCH3 is 2. The second-order valence-electron chi connectivity index (χ2n) is 13.3. The van der Waals surface area contributed by atoms with Gasteiger partial charge < -0.3 is 50.2 Å². The van der Waals surface area contributed by atoms with E-state index >= 15 is 0 Å². The molecule has 1 saturated heterocycles. The summed E-state index contributed by atoms with van der Waals surface area (Å²) < 4.78 is 11.1. The van der Waals surface area contributed by atoms with Crippen LogP contribution < -0.4 is 25.0 Å². The first-order valence-corrected chi connectivity index (χ1v) is 16.6. The third-order valence-electron chi connectivity index (χ3n) is 10.8. The monoisotopic (exact) mass is 691 g/mol. The van der Waals surface area contributed by atoms with Gasteiger partial charge in [0.1, 0.15) is 11.4 Å². The third-order valence-corrected chi connectivity index (χ3v) is 10.8. The number of phenols is 2. The first-order chi connectivity index (χ1) is 24.5. The Hall–Kier alpha value is -6.38. The fourth-order valence-electron chi connectivity index (χ4n) is 8.64. The van der Waals surface area contributed by atoms with E-state index in [2.05, 4.69) is 15.0 Å². The summed E-state index contributed by atoms with van der Waals surface area (Å²) >= 11 is 0. The molecule has 2 aromatic carbocycles. The first-order valence-electron chi connectivity index (χ1n) is 16.6. The van der Waals surface area contributed by atoms with Crippen LogP contribution in [0, 0.1) is 6.92 Å². The van der Waals surface area contributed by atoms with Crippen molar-refractivity contribution in [3.05, 3.63) is 69.4 Å². The molecular weight excluding hydrogens is 658 g/mol. The lowest BCUT2D eigenvalue weighted by molar-refractivity contribution is 0.0818. The van der Waals surface area contributed by atoms with Crippen LogP contribution in [0.3, 0.4) is 0 Å². The highest BCUT2D eigenvalue weighted by molar-refractivity contribution is 6.15. The molecule has 9 rings (SSSR count). The van der Waals surface area contributed by atoms with Crippen LogP contribution in [-0.4, -0.2) is 87.5 Å². The van der Waals surface area contributed by atoms with Gasteiger partial charge in [-0.15, -0.1) is 0 Å². The fourth-order valence-corrected chi connectivity index (χ4v) is 8.64. The predicted molar refractivity (Wildman–Crippen MR) is 185 cm³/mol. The molecule has 1 aliphatic carbocycles. The molecule has 3 aromatic heterocycles. The number of carbonyl (C=O) groups excluding carboxylic acids is 4. The Morgan fingerprint density at radius 2 is 1.39 bits per heavy atom. The van der Waals surface area contributed by atoms with Crippen LogP contribution >= 0.6 is 0 Å². The van der Waals surface area contributed by atoms with E-state index < -0.39 is 11.9 Å². The van der Waals surface area contributed by atoms with Gasteiger partial charge in [-0.25, -0.2) is 4.79 Å². The van der Waals surface area contributed by atoms with Gasteiger partial charge in [0.15, 0.2) is 23.0 Å². The number of aromatic nitrogens is 3. The first kappa shape index (κ1) is 30.7. The number of fused-ring (bicyclic) bond motifs is 9. The number of ketones is 1. The van der Waals surface area contributed by atoms with Gasteiger partial charge in [-0.1, -0.05) is 0 Å². The lowest BCUT2D eigenvalue weighted by Gasteiger charge is -2.23. The number of ether oxygens (including phenoxy) is 2. The van der Waals surface area contributed by atoms with E-state index in [1.165, 1.54) is 30.1 Å². The van der Waals surface area contributed by atoms with Crippen molar-refractivity contribution in [2.45, 2.75) is 32.1 Å². The standard InChI is InChI=1S/C36H33N7O8/c1-14-13-38-27-23(44)12-22-17(24(14)27)6-7-41(22)34(47)20-10-18-15-4-8-42(28(15)30(45)32(50-2)25(18)39-20)35(48)21-11-19-16-5-9-43(36(37)49)29(16)31(46)33(51-3)26(19)40-21/h10-13,17,38-40,45-46H,4-9H2,1-3H3,(H2,37,49). The maximum Gasteiger partial charge on any atom is 0.319 e. The summed E-state index contributed by atoms with van der Waals surface area (Å²) in [6.45, 7) is 2.87. The lowest BCUT2D eigenvalue weighted by atomic mass is 9.87. The number of urea groups is 1. The molecule has 260 valence electrons. The van der Waals surface area contributed by atoms with Crippen molar-refractivity contribution >= 4 is 56.8 Å². The van der Waals surface area contributed by atoms with Crippen molar-refractivity contribution < 1.29 is 38.9 Å². The molecule has 15 heteroatoms. The lowest BCUT2D eigenvalue weighted by Crippen LogP contribution is -2.34. The maximum atomic E-state index is 14.2. The summed E-state index contributed by atoms with van der Waals surface area (Å²) in [5.41, 5.74) is 11.8. The van der Waals surface area contributed by atoms with Gasteiger partial charge >= 0.3 is 6.03 Å². The molecule has 5 aromatic rings. The van der Waals surface area contributed by atoms with Crippen LogP contribution in [0.15, 0.2) is 30.1 Å². The van der Waals surface area contributed by atoms with Crippen molar-refractivity contribution in [2.24, 2.45) is 5.73 Å². The average Bonchev–Trinajstić information content (AvgIpc) is 3.95. The molecule has 51 heavy (non-hydrogen) atoms. The number of amides is 4. The number of aromatic hydroxyl groups is 2. The number of nitrogens with two attached hydrogens (primary N) is 1. The Balaban J connectivity index is 1.09. The summed E-state index contributed by atoms with van der Waals surface area (Å²) in [6, 6.07) is 2.64.